The molecule has 0 bridgehead atoms. The third-order valence-electron chi connectivity index (χ3n) is 4.25. The summed E-state index contributed by atoms with van der Waals surface area (Å²) in [5.41, 5.74) is 0.842. The summed E-state index contributed by atoms with van der Waals surface area (Å²) < 4.78 is 24.4. The van der Waals surface area contributed by atoms with Crippen molar-refractivity contribution in [3.63, 3.8) is 0 Å². The molecule has 1 unspecified atom stereocenters. The molecule has 0 heterocycles. The molecule has 5 nitrogen and oxygen atoms in total. The lowest BCUT2D eigenvalue weighted by Crippen LogP contribution is -2.42. The maximum absolute atomic E-state index is 12.2. The number of unbranched alkanes of at least 4 members (excludes halogenated alkanes) is 3. The molecule has 7 heteroatoms. The average Bonchev–Trinajstić information content (AvgIpc) is 2.61. The monoisotopic (exact) mass is 509 g/mol. The van der Waals surface area contributed by atoms with Crippen LogP contribution in [0.4, 0.5) is 0 Å². The molecule has 2 N–H and O–H groups in total. The molecule has 1 atom stereocenters. The number of benzene rings is 1. The largest absolute Gasteiger partial charge is 0.356 e. The number of hydrogen-bond donors (Lipinski definition) is 2. The van der Waals surface area contributed by atoms with Gasteiger partial charge in [0, 0.05) is 19.6 Å². The molecule has 0 saturated carbocycles. The van der Waals surface area contributed by atoms with Gasteiger partial charge in [0.05, 0.1) is 11.5 Å². The molecule has 0 saturated heterocycles. The summed E-state index contributed by atoms with van der Waals surface area (Å²) in [7, 11) is -1.34. The summed E-state index contributed by atoms with van der Waals surface area (Å²) in [6.45, 7) is 4.97. The van der Waals surface area contributed by atoms with Gasteiger partial charge in [0.1, 0.15) is 0 Å². The van der Waals surface area contributed by atoms with E-state index in [-0.39, 0.29) is 35.5 Å². The van der Waals surface area contributed by atoms with Crippen LogP contribution in [0.5, 0.6) is 0 Å². The van der Waals surface area contributed by atoms with Gasteiger partial charge in [-0.1, -0.05) is 62.9 Å². The number of hydrogen-bond acceptors (Lipinski definition) is 3. The van der Waals surface area contributed by atoms with Gasteiger partial charge in [0.25, 0.3) is 0 Å². The fourth-order valence-electron chi connectivity index (χ4n) is 2.78. The van der Waals surface area contributed by atoms with E-state index in [9.17, 15) is 8.42 Å². The maximum atomic E-state index is 12.2. The predicted octanol–water partition coefficient (Wildman–Crippen LogP) is 4.13. The van der Waals surface area contributed by atoms with Crippen molar-refractivity contribution in [3.05, 3.63) is 35.9 Å². The SMILES string of the molecule is CCCCCCC(C)NC(=NC)NCCCS(=O)(=O)Cc1ccccc1.I. The van der Waals surface area contributed by atoms with E-state index in [1.165, 1.54) is 25.7 Å². The first-order valence-corrected chi connectivity index (χ1v) is 11.5. The zero-order valence-electron chi connectivity index (χ0n) is 16.9. The first kappa shape index (κ1) is 26.2. The minimum atomic E-state index is -3.08. The summed E-state index contributed by atoms with van der Waals surface area (Å²) in [5.74, 6) is 1.03. The maximum Gasteiger partial charge on any atom is 0.191 e. The Labute approximate surface area is 182 Å². The summed E-state index contributed by atoms with van der Waals surface area (Å²) in [4.78, 5) is 4.22. The Kier molecular flexibility index (Phi) is 14.7. The van der Waals surface area contributed by atoms with Crippen molar-refractivity contribution in [1.82, 2.24) is 10.6 Å². The molecule has 0 aliphatic carbocycles. The molecule has 0 aliphatic rings. The number of sulfone groups is 1. The van der Waals surface area contributed by atoms with Crippen molar-refractivity contribution in [3.8, 4) is 0 Å². The van der Waals surface area contributed by atoms with E-state index in [0.29, 0.717) is 19.0 Å². The van der Waals surface area contributed by atoms with Gasteiger partial charge in [-0.3, -0.25) is 4.99 Å². The number of aliphatic imine (C=N–C) groups is 1. The van der Waals surface area contributed by atoms with E-state index in [0.717, 1.165) is 17.9 Å². The highest BCUT2D eigenvalue weighted by Crippen LogP contribution is 2.07. The minimum Gasteiger partial charge on any atom is -0.356 e. The second kappa shape index (κ2) is 15.1. The quantitative estimate of drug-likeness (QED) is 0.192. The summed E-state index contributed by atoms with van der Waals surface area (Å²) in [5, 5.41) is 6.58. The number of nitrogens with one attached hydrogen (secondary N) is 2. The second-order valence-corrected chi connectivity index (χ2v) is 9.01. The molecule has 0 amide bonds. The van der Waals surface area contributed by atoms with Crippen LogP contribution in [-0.4, -0.2) is 39.8 Å². The van der Waals surface area contributed by atoms with Gasteiger partial charge in [0.15, 0.2) is 15.8 Å². The van der Waals surface area contributed by atoms with E-state index in [1.54, 1.807) is 7.05 Å². The van der Waals surface area contributed by atoms with Gasteiger partial charge in [-0.15, -0.1) is 24.0 Å². The van der Waals surface area contributed by atoms with Gasteiger partial charge >= 0.3 is 0 Å². The third-order valence-corrected chi connectivity index (χ3v) is 5.94. The standard InChI is InChI=1S/C20H35N3O2S.HI/c1-4-5-6-8-12-18(2)23-20(21-3)22-15-11-16-26(24,25)17-19-13-9-7-10-14-19;/h7,9-10,13-14,18H,4-6,8,11-12,15-17H2,1-3H3,(H2,21,22,23);1H. The molecular weight excluding hydrogens is 473 g/mol. The predicted molar refractivity (Wildman–Crippen MR) is 127 cm³/mol. The second-order valence-electron chi connectivity index (χ2n) is 6.82. The Bertz CT molecular complexity index is 621. The molecule has 1 rings (SSSR count). The van der Waals surface area contributed by atoms with Crippen molar-refractivity contribution in [2.75, 3.05) is 19.3 Å². The molecule has 1 aromatic carbocycles. The van der Waals surface area contributed by atoms with Crippen LogP contribution in [0.2, 0.25) is 0 Å². The van der Waals surface area contributed by atoms with E-state index in [2.05, 4.69) is 29.5 Å². The topological polar surface area (TPSA) is 70.6 Å². The molecule has 1 aromatic rings. The Morgan fingerprint density at radius 2 is 1.81 bits per heavy atom. The molecule has 0 fully saturated rings. The number of rotatable bonds is 12. The lowest BCUT2D eigenvalue weighted by Gasteiger charge is -2.18. The van der Waals surface area contributed by atoms with E-state index < -0.39 is 9.84 Å². The minimum absolute atomic E-state index is 0. The van der Waals surface area contributed by atoms with E-state index >= 15 is 0 Å². The van der Waals surface area contributed by atoms with Gasteiger partial charge in [0.2, 0.25) is 0 Å². The zero-order valence-corrected chi connectivity index (χ0v) is 20.1. The van der Waals surface area contributed by atoms with Gasteiger partial charge in [-0.25, -0.2) is 8.42 Å². The Balaban J connectivity index is 0.00000676. The molecule has 0 radical (unpaired) electrons. The molecule has 0 aliphatic heterocycles. The van der Waals surface area contributed by atoms with Crippen LogP contribution in [-0.2, 0) is 15.6 Å². The fourth-order valence-corrected chi connectivity index (χ4v) is 4.21. The number of nitrogens with zero attached hydrogens (tertiary/aromatic N) is 1. The number of guanidine groups is 1. The Morgan fingerprint density at radius 1 is 1.11 bits per heavy atom. The summed E-state index contributed by atoms with van der Waals surface area (Å²) in [6, 6.07) is 9.69. The third kappa shape index (κ3) is 13.1. The number of halogens is 1. The zero-order chi connectivity index (χ0) is 19.3. The van der Waals surface area contributed by atoms with Crippen molar-refractivity contribution in [1.29, 1.82) is 0 Å². The summed E-state index contributed by atoms with van der Waals surface area (Å²) >= 11 is 0. The fraction of sp³-hybridized carbons (Fsp3) is 0.650. The van der Waals surface area contributed by atoms with Gasteiger partial charge < -0.3 is 10.6 Å². The first-order valence-electron chi connectivity index (χ1n) is 9.68. The highest BCUT2D eigenvalue weighted by Gasteiger charge is 2.12. The van der Waals surface area contributed by atoms with Crippen LogP contribution in [0.3, 0.4) is 0 Å². The van der Waals surface area contributed by atoms with E-state index in [1.807, 2.05) is 30.3 Å². The Hall–Kier alpha value is -0.830. The van der Waals surface area contributed by atoms with Crippen molar-refractivity contribution in [2.45, 2.75) is 64.2 Å². The molecule has 156 valence electrons. The van der Waals surface area contributed by atoms with Crippen LogP contribution in [0.25, 0.3) is 0 Å². The van der Waals surface area contributed by atoms with Gasteiger partial charge in [-0.2, -0.15) is 0 Å². The lowest BCUT2D eigenvalue weighted by atomic mass is 10.1. The Morgan fingerprint density at radius 3 is 2.44 bits per heavy atom. The first-order chi connectivity index (χ1) is 12.5. The highest BCUT2D eigenvalue weighted by molar-refractivity contribution is 14.0. The van der Waals surface area contributed by atoms with Crippen LogP contribution in [0.1, 0.15) is 57.9 Å². The van der Waals surface area contributed by atoms with Crippen molar-refractivity contribution < 1.29 is 8.42 Å². The van der Waals surface area contributed by atoms with E-state index in [4.69, 9.17) is 0 Å². The normalized spacial score (nSPS) is 12.9. The van der Waals surface area contributed by atoms with Crippen LogP contribution in [0, 0.1) is 0 Å². The molecule has 0 aromatic heterocycles. The molecule has 27 heavy (non-hydrogen) atoms. The van der Waals surface area contributed by atoms with Gasteiger partial charge in [-0.05, 0) is 25.3 Å². The summed E-state index contributed by atoms with van der Waals surface area (Å²) in [6.07, 6.45) is 6.72. The van der Waals surface area contributed by atoms with Crippen molar-refractivity contribution >= 4 is 39.8 Å². The highest BCUT2D eigenvalue weighted by atomic mass is 127. The average molecular weight is 509 g/mol. The smallest absolute Gasteiger partial charge is 0.191 e. The molecular formula is C20H36IN3O2S. The van der Waals surface area contributed by atoms with Crippen LogP contribution < -0.4 is 10.6 Å². The lowest BCUT2D eigenvalue weighted by molar-refractivity contribution is 0.536. The molecule has 0 spiro atoms. The van der Waals surface area contributed by atoms with Crippen LogP contribution in [0.15, 0.2) is 35.3 Å². The van der Waals surface area contributed by atoms with Crippen molar-refractivity contribution in [2.24, 2.45) is 4.99 Å². The van der Waals surface area contributed by atoms with Crippen LogP contribution >= 0.6 is 24.0 Å².